The predicted molar refractivity (Wildman–Crippen MR) is 217 cm³/mol. The lowest BCUT2D eigenvalue weighted by Gasteiger charge is -2.11. The lowest BCUT2D eigenvalue weighted by molar-refractivity contribution is 1.18. The van der Waals surface area contributed by atoms with Gasteiger partial charge in [-0.25, -0.2) is 0 Å². The Morgan fingerprint density at radius 1 is 0.796 bits per heavy atom. The van der Waals surface area contributed by atoms with Gasteiger partial charge in [-0.1, -0.05) is 116 Å². The summed E-state index contributed by atoms with van der Waals surface area (Å²) in [7, 11) is 1.50. The lowest BCUT2D eigenvalue weighted by atomic mass is 9.98. The van der Waals surface area contributed by atoms with E-state index in [1.807, 2.05) is 26.0 Å². The molecular weight excluding hydrogens is 597 g/mol. The highest BCUT2D eigenvalue weighted by Crippen LogP contribution is 2.38. The van der Waals surface area contributed by atoms with E-state index >= 15 is 0 Å². The van der Waals surface area contributed by atoms with Crippen LogP contribution in [0.2, 0.25) is 0 Å². The van der Waals surface area contributed by atoms with Gasteiger partial charge in [0, 0.05) is 33.8 Å². The number of aromatic nitrogens is 1. The van der Waals surface area contributed by atoms with Crippen molar-refractivity contribution in [3.63, 3.8) is 0 Å². The zero-order chi connectivity index (χ0) is 35.2. The van der Waals surface area contributed by atoms with Crippen LogP contribution in [0.4, 0.5) is 0 Å². The Kier molecular flexibility index (Phi) is 13.0. The van der Waals surface area contributed by atoms with Crippen molar-refractivity contribution in [3.05, 3.63) is 181 Å². The Labute approximate surface area is 290 Å². The molecule has 0 saturated carbocycles. The summed E-state index contributed by atoms with van der Waals surface area (Å²) in [6, 6.07) is 37.4. The predicted octanol–water partition coefficient (Wildman–Crippen LogP) is 11.1. The molecule has 0 bridgehead atoms. The molecule has 1 heterocycles. The molecule has 0 unspecified atom stereocenters. The molecule has 0 aliphatic rings. The first-order valence-corrected chi connectivity index (χ1v) is 16.4. The van der Waals surface area contributed by atoms with Crippen LogP contribution in [0.3, 0.4) is 0 Å². The topological polar surface area (TPSA) is 80.8 Å². The maximum Gasteiger partial charge on any atom is 0.0619 e. The first-order chi connectivity index (χ1) is 24.0. The minimum absolute atomic E-state index is 0.583. The Morgan fingerprint density at radius 2 is 1.51 bits per heavy atom. The molecule has 5 N–H and O–H groups in total. The highest BCUT2D eigenvalue weighted by molar-refractivity contribution is 6.19. The quantitative estimate of drug-likeness (QED) is 0.0833. The second-order valence-corrected chi connectivity index (χ2v) is 11.3. The number of nitrogens with one attached hydrogen (secondary N) is 1. The molecular formula is C45H46N4. The molecule has 6 rings (SSSR count). The number of para-hydroxylation sites is 1. The summed E-state index contributed by atoms with van der Waals surface area (Å²) < 4.78 is 2.41. The largest absolute Gasteiger partial charge is 0.398 e. The van der Waals surface area contributed by atoms with Crippen molar-refractivity contribution in [2.75, 3.05) is 7.05 Å². The number of fused-ring (bicyclic) bond motifs is 5. The molecule has 0 spiro atoms. The van der Waals surface area contributed by atoms with Crippen LogP contribution in [0, 0.1) is 5.41 Å². The summed E-state index contributed by atoms with van der Waals surface area (Å²) in [5.74, 6) is 0. The monoisotopic (exact) mass is 642 g/mol. The van der Waals surface area contributed by atoms with Crippen LogP contribution in [-0.4, -0.2) is 17.8 Å². The maximum absolute atomic E-state index is 7.13. The van der Waals surface area contributed by atoms with Gasteiger partial charge in [0.15, 0.2) is 0 Å². The van der Waals surface area contributed by atoms with Crippen molar-refractivity contribution in [1.82, 2.24) is 4.57 Å². The van der Waals surface area contributed by atoms with E-state index in [4.69, 9.17) is 11.1 Å². The number of rotatable bonds is 9. The smallest absolute Gasteiger partial charge is 0.0619 e. The summed E-state index contributed by atoms with van der Waals surface area (Å²) in [6.07, 6.45) is 17.2. The summed E-state index contributed by atoms with van der Waals surface area (Å²) in [5.41, 5.74) is 20.3. The van der Waals surface area contributed by atoms with Crippen LogP contribution in [0.25, 0.3) is 55.5 Å². The SMILES string of the molecule is C=C(/C=C\C=N)/C(N)=C/C=C\Cc1ccc2c3ccc4cc(-c5cccc(/C=C/C)c5)ccc4c3n(-c3ccccc3)c2c1.C=CC.CN. The van der Waals surface area contributed by atoms with Crippen LogP contribution >= 0.6 is 0 Å². The fraction of sp³-hybridized carbons (Fsp3) is 0.0889. The molecule has 246 valence electrons. The van der Waals surface area contributed by atoms with E-state index in [0.717, 1.165) is 12.1 Å². The van der Waals surface area contributed by atoms with Crippen molar-refractivity contribution in [2.24, 2.45) is 11.5 Å². The van der Waals surface area contributed by atoms with Crippen molar-refractivity contribution in [3.8, 4) is 16.8 Å². The minimum Gasteiger partial charge on any atom is -0.398 e. The van der Waals surface area contributed by atoms with Crippen molar-refractivity contribution in [2.45, 2.75) is 20.3 Å². The Hall–Kier alpha value is -5.97. The molecule has 4 heteroatoms. The molecule has 4 nitrogen and oxygen atoms in total. The van der Waals surface area contributed by atoms with Gasteiger partial charge in [0.2, 0.25) is 0 Å². The first kappa shape index (κ1) is 35.9. The summed E-state index contributed by atoms with van der Waals surface area (Å²) in [4.78, 5) is 0. The van der Waals surface area contributed by atoms with Gasteiger partial charge in [-0.2, -0.15) is 0 Å². The normalized spacial score (nSPS) is 11.6. The highest BCUT2D eigenvalue weighted by atomic mass is 15.0. The van der Waals surface area contributed by atoms with Gasteiger partial charge in [-0.3, -0.25) is 0 Å². The maximum atomic E-state index is 7.13. The Morgan fingerprint density at radius 3 is 2.24 bits per heavy atom. The van der Waals surface area contributed by atoms with Gasteiger partial charge in [-0.15, -0.1) is 6.58 Å². The third-order valence-corrected chi connectivity index (χ3v) is 7.93. The average Bonchev–Trinajstić information content (AvgIpc) is 3.48. The van der Waals surface area contributed by atoms with E-state index < -0.39 is 0 Å². The zero-order valence-electron chi connectivity index (χ0n) is 28.7. The van der Waals surface area contributed by atoms with Crippen LogP contribution in [0.15, 0.2) is 170 Å². The number of hydrogen-bond acceptors (Lipinski definition) is 3. The Bertz CT molecular complexity index is 2190. The summed E-state index contributed by atoms with van der Waals surface area (Å²) >= 11 is 0. The standard InChI is InChI=1S/C41H35N3.C3H6.CH5N/c1-3-11-30-14-9-15-32(26-30)33-20-23-36-34(28-33)21-24-38-37-22-19-31(13-7-8-18-39(43)29(2)12-10-25-42)27-40(37)44(41(36)38)35-16-5-4-6-17-35;1-3-2;1-2/h3-12,14-28,42H,2,13,43H2,1H3;3H,1H2,2H3;2H2,1H3/b8-7-,11-3+,12-10-,39-18-,42-25?;;. The van der Waals surface area contributed by atoms with Crippen LogP contribution in [0.1, 0.15) is 25.0 Å². The van der Waals surface area contributed by atoms with Crippen molar-refractivity contribution >= 4 is 44.9 Å². The van der Waals surface area contributed by atoms with E-state index in [2.05, 4.69) is 145 Å². The van der Waals surface area contributed by atoms with Crippen molar-refractivity contribution in [1.29, 1.82) is 5.41 Å². The van der Waals surface area contributed by atoms with Crippen LogP contribution < -0.4 is 11.5 Å². The minimum atomic E-state index is 0.583. The third-order valence-electron chi connectivity index (χ3n) is 7.93. The van der Waals surface area contributed by atoms with E-state index in [-0.39, 0.29) is 0 Å². The van der Waals surface area contributed by atoms with Crippen LogP contribution in [-0.2, 0) is 6.42 Å². The zero-order valence-corrected chi connectivity index (χ0v) is 28.7. The number of hydrogen-bond donors (Lipinski definition) is 3. The molecule has 0 radical (unpaired) electrons. The number of nitrogens with zero attached hydrogens (tertiary/aromatic N) is 1. The number of nitrogens with two attached hydrogens (primary N) is 2. The summed E-state index contributed by atoms with van der Waals surface area (Å²) in [5, 5.41) is 12.1. The molecule has 0 fully saturated rings. The molecule has 1 aromatic heterocycles. The van der Waals surface area contributed by atoms with E-state index in [1.54, 1.807) is 18.2 Å². The molecule has 6 aromatic rings. The van der Waals surface area contributed by atoms with E-state index in [9.17, 15) is 0 Å². The molecule has 0 aliphatic carbocycles. The number of allylic oxidation sites excluding steroid dienone is 7. The third kappa shape index (κ3) is 8.50. The average molecular weight is 643 g/mol. The lowest BCUT2D eigenvalue weighted by Crippen LogP contribution is -1.97. The molecule has 0 amide bonds. The fourth-order valence-corrected chi connectivity index (χ4v) is 5.79. The van der Waals surface area contributed by atoms with Gasteiger partial charge < -0.3 is 21.4 Å². The van der Waals surface area contributed by atoms with Crippen molar-refractivity contribution < 1.29 is 0 Å². The fourth-order valence-electron chi connectivity index (χ4n) is 5.79. The molecule has 0 saturated heterocycles. The summed E-state index contributed by atoms with van der Waals surface area (Å²) in [6.45, 7) is 11.3. The van der Waals surface area contributed by atoms with Gasteiger partial charge in [0.05, 0.1) is 11.0 Å². The second-order valence-electron chi connectivity index (χ2n) is 11.3. The first-order valence-electron chi connectivity index (χ1n) is 16.4. The molecule has 0 aliphatic heterocycles. The molecule has 49 heavy (non-hydrogen) atoms. The number of benzene rings is 5. The van der Waals surface area contributed by atoms with Gasteiger partial charge in [0.1, 0.15) is 0 Å². The van der Waals surface area contributed by atoms with E-state index in [0.29, 0.717) is 11.3 Å². The molecule has 0 atom stereocenters. The van der Waals surface area contributed by atoms with E-state index in [1.165, 1.54) is 68.1 Å². The molecule has 5 aromatic carbocycles. The van der Waals surface area contributed by atoms with Gasteiger partial charge in [-0.05, 0) is 103 Å². The highest BCUT2D eigenvalue weighted by Gasteiger charge is 2.16. The van der Waals surface area contributed by atoms with Crippen LogP contribution in [0.5, 0.6) is 0 Å². The van der Waals surface area contributed by atoms with Gasteiger partial charge in [0.25, 0.3) is 0 Å². The Balaban J connectivity index is 0.00000103. The second kappa shape index (κ2) is 17.8. The van der Waals surface area contributed by atoms with Gasteiger partial charge >= 0.3 is 0 Å².